The van der Waals surface area contributed by atoms with Crippen molar-refractivity contribution in [3.63, 3.8) is 0 Å². The number of amides is 1. The number of carbonyl (C=O) groups is 2. The molecule has 1 aliphatic heterocycles. The number of carbonyl (C=O) groups excluding carboxylic acids is 2. The van der Waals surface area contributed by atoms with Crippen LogP contribution in [0.2, 0.25) is 0 Å². The fourth-order valence-electron chi connectivity index (χ4n) is 3.97. The highest BCUT2D eigenvalue weighted by molar-refractivity contribution is 6.46. The molecular weight excluding hydrogens is 404 g/mol. The van der Waals surface area contributed by atoms with Gasteiger partial charge in [0, 0.05) is 18.7 Å². The van der Waals surface area contributed by atoms with E-state index in [4.69, 9.17) is 4.74 Å². The molecule has 1 atom stereocenters. The molecule has 0 saturated carbocycles. The quantitative estimate of drug-likeness (QED) is 0.343. The maximum Gasteiger partial charge on any atom is 0.295 e. The maximum absolute atomic E-state index is 13.1. The highest BCUT2D eigenvalue weighted by Gasteiger charge is 2.45. The van der Waals surface area contributed by atoms with Gasteiger partial charge in [0.25, 0.3) is 11.7 Å². The Labute approximate surface area is 190 Å². The molecule has 170 valence electrons. The molecular formula is C26H32N2O4. The van der Waals surface area contributed by atoms with Crippen LogP contribution < -0.4 is 4.74 Å². The van der Waals surface area contributed by atoms with E-state index in [2.05, 4.69) is 18.7 Å². The molecule has 0 bridgehead atoms. The number of nitrogens with zero attached hydrogens (tertiary/aromatic N) is 2. The van der Waals surface area contributed by atoms with Crippen molar-refractivity contribution in [2.75, 3.05) is 32.8 Å². The van der Waals surface area contributed by atoms with E-state index in [0.29, 0.717) is 31.0 Å². The summed E-state index contributed by atoms with van der Waals surface area (Å²) in [5, 5.41) is 11.1. The van der Waals surface area contributed by atoms with Crippen LogP contribution in [0.25, 0.3) is 5.76 Å². The van der Waals surface area contributed by atoms with Gasteiger partial charge < -0.3 is 19.6 Å². The third-order valence-corrected chi connectivity index (χ3v) is 5.81. The molecule has 2 aromatic rings. The second-order valence-electron chi connectivity index (χ2n) is 7.80. The predicted octanol–water partition coefficient (Wildman–Crippen LogP) is 4.24. The molecule has 1 amide bonds. The lowest BCUT2D eigenvalue weighted by molar-refractivity contribution is -0.140. The fourth-order valence-corrected chi connectivity index (χ4v) is 3.97. The summed E-state index contributed by atoms with van der Waals surface area (Å²) >= 11 is 0. The fraction of sp³-hybridized carbons (Fsp3) is 0.385. The van der Waals surface area contributed by atoms with Crippen LogP contribution in [0, 0.1) is 0 Å². The molecule has 1 heterocycles. The summed E-state index contributed by atoms with van der Waals surface area (Å²) < 4.78 is 5.60. The van der Waals surface area contributed by atoms with Crippen LogP contribution in [0.5, 0.6) is 5.75 Å². The number of hydrogen-bond donors (Lipinski definition) is 1. The van der Waals surface area contributed by atoms with E-state index in [1.165, 1.54) is 0 Å². The van der Waals surface area contributed by atoms with Gasteiger partial charge >= 0.3 is 0 Å². The molecule has 2 aromatic carbocycles. The average molecular weight is 437 g/mol. The van der Waals surface area contributed by atoms with Crippen molar-refractivity contribution in [2.24, 2.45) is 0 Å². The van der Waals surface area contributed by atoms with Crippen molar-refractivity contribution in [3.8, 4) is 5.75 Å². The third-order valence-electron chi connectivity index (χ3n) is 5.81. The van der Waals surface area contributed by atoms with Gasteiger partial charge in [-0.15, -0.1) is 0 Å². The molecule has 6 heteroatoms. The highest BCUT2D eigenvalue weighted by atomic mass is 16.5. The van der Waals surface area contributed by atoms with E-state index in [9.17, 15) is 14.7 Å². The average Bonchev–Trinajstić information content (AvgIpc) is 3.08. The molecule has 1 N–H and O–H groups in total. The molecule has 0 aliphatic carbocycles. The zero-order chi connectivity index (χ0) is 23.1. The molecule has 32 heavy (non-hydrogen) atoms. The van der Waals surface area contributed by atoms with Crippen LogP contribution in [-0.4, -0.2) is 59.4 Å². The van der Waals surface area contributed by atoms with Crippen LogP contribution in [0.1, 0.15) is 44.4 Å². The Morgan fingerprint density at radius 3 is 2.25 bits per heavy atom. The largest absolute Gasteiger partial charge is 0.507 e. The second-order valence-corrected chi connectivity index (χ2v) is 7.80. The highest BCUT2D eigenvalue weighted by Crippen LogP contribution is 2.39. The third kappa shape index (κ3) is 5.02. The lowest BCUT2D eigenvalue weighted by Gasteiger charge is -2.28. The Hall–Kier alpha value is -3.12. The molecule has 1 saturated heterocycles. The van der Waals surface area contributed by atoms with Gasteiger partial charge in [-0.05, 0) is 49.3 Å². The smallest absolute Gasteiger partial charge is 0.295 e. The van der Waals surface area contributed by atoms with Crippen LogP contribution in [-0.2, 0) is 9.59 Å². The van der Waals surface area contributed by atoms with Gasteiger partial charge in [-0.3, -0.25) is 9.59 Å². The molecule has 0 radical (unpaired) electrons. The van der Waals surface area contributed by atoms with Crippen molar-refractivity contribution < 1.29 is 19.4 Å². The normalized spacial score (nSPS) is 17.9. The van der Waals surface area contributed by atoms with E-state index in [1.54, 1.807) is 29.2 Å². The standard InChI is InChI=1S/C26H32N2O4/c1-4-18-32-21-14-12-20(13-15-21)24(29)22-23(19-10-8-7-9-11-19)28(26(31)25(22)30)17-16-27(5-2)6-3/h7-15,23,29H,4-6,16-18H2,1-3H3/b24-22+. The predicted molar refractivity (Wildman–Crippen MR) is 125 cm³/mol. The topological polar surface area (TPSA) is 70.1 Å². The number of hydrogen-bond acceptors (Lipinski definition) is 5. The van der Waals surface area contributed by atoms with Crippen LogP contribution >= 0.6 is 0 Å². The van der Waals surface area contributed by atoms with Crippen molar-refractivity contribution in [2.45, 2.75) is 33.2 Å². The number of likely N-dealkylation sites (tertiary alicyclic amines) is 1. The minimum atomic E-state index is -0.651. The Morgan fingerprint density at radius 2 is 1.66 bits per heavy atom. The zero-order valence-corrected chi connectivity index (χ0v) is 19.1. The molecule has 0 spiro atoms. The van der Waals surface area contributed by atoms with Crippen molar-refractivity contribution in [1.29, 1.82) is 0 Å². The summed E-state index contributed by atoms with van der Waals surface area (Å²) in [5.41, 5.74) is 1.41. The number of aliphatic hydroxyl groups is 1. The van der Waals surface area contributed by atoms with E-state index < -0.39 is 17.7 Å². The molecule has 3 rings (SSSR count). The maximum atomic E-state index is 13.1. The molecule has 1 aliphatic rings. The van der Waals surface area contributed by atoms with Crippen LogP contribution in [0.3, 0.4) is 0 Å². The summed E-state index contributed by atoms with van der Waals surface area (Å²) in [6.45, 7) is 9.57. The summed E-state index contributed by atoms with van der Waals surface area (Å²) in [6, 6.07) is 15.7. The van der Waals surface area contributed by atoms with Crippen molar-refractivity contribution in [3.05, 3.63) is 71.3 Å². The minimum absolute atomic E-state index is 0.128. The lowest BCUT2D eigenvalue weighted by Crippen LogP contribution is -2.38. The van der Waals surface area contributed by atoms with Crippen LogP contribution in [0.4, 0.5) is 0 Å². The first kappa shape index (κ1) is 23.5. The number of Topliss-reactive ketones (excluding diaryl/α,β-unsaturated/α-hetero) is 1. The summed E-state index contributed by atoms with van der Waals surface area (Å²) in [4.78, 5) is 29.8. The van der Waals surface area contributed by atoms with Gasteiger partial charge in [0.05, 0.1) is 18.2 Å². The van der Waals surface area contributed by atoms with Gasteiger partial charge in [-0.1, -0.05) is 51.1 Å². The summed E-state index contributed by atoms with van der Waals surface area (Å²) in [7, 11) is 0. The molecule has 1 unspecified atom stereocenters. The lowest BCUT2D eigenvalue weighted by atomic mass is 9.95. The number of ketones is 1. The van der Waals surface area contributed by atoms with E-state index in [0.717, 1.165) is 25.1 Å². The Balaban J connectivity index is 2.00. The van der Waals surface area contributed by atoms with Gasteiger partial charge in [0.15, 0.2) is 0 Å². The van der Waals surface area contributed by atoms with E-state index in [-0.39, 0.29) is 11.3 Å². The van der Waals surface area contributed by atoms with Gasteiger partial charge in [0.1, 0.15) is 11.5 Å². The van der Waals surface area contributed by atoms with Gasteiger partial charge in [0.2, 0.25) is 0 Å². The van der Waals surface area contributed by atoms with Gasteiger partial charge in [-0.25, -0.2) is 0 Å². The van der Waals surface area contributed by atoms with Crippen LogP contribution in [0.15, 0.2) is 60.2 Å². The number of likely N-dealkylation sites (N-methyl/N-ethyl adjacent to an activating group) is 1. The molecule has 0 aromatic heterocycles. The summed E-state index contributed by atoms with van der Waals surface area (Å²) in [5.74, 6) is -0.690. The Morgan fingerprint density at radius 1 is 1.00 bits per heavy atom. The number of aliphatic hydroxyl groups excluding tert-OH is 1. The number of benzene rings is 2. The van der Waals surface area contributed by atoms with Crippen molar-refractivity contribution >= 4 is 17.4 Å². The first-order valence-corrected chi connectivity index (χ1v) is 11.3. The Kier molecular flexibility index (Phi) is 8.06. The van der Waals surface area contributed by atoms with E-state index in [1.807, 2.05) is 37.3 Å². The molecule has 1 fully saturated rings. The second kappa shape index (κ2) is 11.0. The number of rotatable bonds is 10. The SMILES string of the molecule is CCCOc1ccc(/C(O)=C2\C(=O)C(=O)N(CCN(CC)CC)C2c2ccccc2)cc1. The molecule has 6 nitrogen and oxygen atoms in total. The minimum Gasteiger partial charge on any atom is -0.507 e. The van der Waals surface area contributed by atoms with Gasteiger partial charge in [-0.2, -0.15) is 0 Å². The monoisotopic (exact) mass is 436 g/mol. The first-order chi connectivity index (χ1) is 15.5. The first-order valence-electron chi connectivity index (χ1n) is 11.3. The summed E-state index contributed by atoms with van der Waals surface area (Å²) in [6.07, 6.45) is 0.899. The van der Waals surface area contributed by atoms with Crippen molar-refractivity contribution in [1.82, 2.24) is 9.80 Å². The Bertz CT molecular complexity index is 950. The van der Waals surface area contributed by atoms with E-state index >= 15 is 0 Å². The zero-order valence-electron chi connectivity index (χ0n) is 19.1. The number of ether oxygens (including phenoxy) is 1.